The van der Waals surface area contributed by atoms with E-state index >= 15 is 0 Å². The van der Waals surface area contributed by atoms with Gasteiger partial charge in [0.25, 0.3) is 0 Å². The highest BCUT2D eigenvalue weighted by Gasteiger charge is 2.66. The first kappa shape index (κ1) is 26.5. The van der Waals surface area contributed by atoms with Crippen molar-refractivity contribution in [1.29, 1.82) is 0 Å². The van der Waals surface area contributed by atoms with Crippen molar-refractivity contribution in [1.82, 2.24) is 0 Å². The van der Waals surface area contributed by atoms with Gasteiger partial charge in [-0.1, -0.05) is 54.4 Å². The summed E-state index contributed by atoms with van der Waals surface area (Å²) >= 11 is 0. The van der Waals surface area contributed by atoms with Crippen molar-refractivity contribution >= 4 is 5.97 Å². The van der Waals surface area contributed by atoms with Gasteiger partial charge in [0.15, 0.2) is 0 Å². The largest absolute Gasteiger partial charge is 0.481 e. The molecule has 4 heteroatoms. The molecule has 0 aliphatic heterocycles. The van der Waals surface area contributed by atoms with Gasteiger partial charge in [0.1, 0.15) is 6.79 Å². The van der Waals surface area contributed by atoms with Crippen molar-refractivity contribution in [3.63, 3.8) is 0 Å². The molecule has 0 amide bonds. The number of carboxylic acids is 1. The summed E-state index contributed by atoms with van der Waals surface area (Å²) in [4.78, 5) is 11.3. The van der Waals surface area contributed by atoms with Gasteiger partial charge in [0, 0.05) is 13.5 Å². The van der Waals surface area contributed by atoms with Gasteiger partial charge in [-0.15, -0.1) is 0 Å². The van der Waals surface area contributed by atoms with E-state index in [1.54, 1.807) is 7.11 Å². The predicted molar refractivity (Wildman–Crippen MR) is 136 cm³/mol. The number of aliphatic carboxylic acids is 1. The molecule has 0 aromatic heterocycles. The molecule has 4 saturated carbocycles. The summed E-state index contributed by atoms with van der Waals surface area (Å²) in [6, 6.07) is 0. The summed E-state index contributed by atoms with van der Waals surface area (Å²) in [6.45, 7) is 15.4. The number of ether oxygens (including phenoxy) is 2. The third-order valence-electron chi connectivity index (χ3n) is 12.2. The van der Waals surface area contributed by atoms with E-state index in [0.29, 0.717) is 60.2 Å². The third-order valence-corrected chi connectivity index (χ3v) is 12.2. The van der Waals surface area contributed by atoms with Crippen LogP contribution < -0.4 is 0 Å². The van der Waals surface area contributed by atoms with E-state index in [1.165, 1.54) is 44.9 Å². The summed E-state index contributed by atoms with van der Waals surface area (Å²) in [6.07, 6.45) is 10.6. The molecule has 4 unspecified atom stereocenters. The third kappa shape index (κ3) is 4.17. The zero-order valence-corrected chi connectivity index (χ0v) is 23.0. The zero-order chi connectivity index (χ0) is 24.8. The van der Waals surface area contributed by atoms with Crippen molar-refractivity contribution in [2.45, 2.75) is 105 Å². The van der Waals surface area contributed by atoms with Gasteiger partial charge in [-0.2, -0.15) is 0 Å². The van der Waals surface area contributed by atoms with Crippen LogP contribution in [0.3, 0.4) is 0 Å². The van der Waals surface area contributed by atoms with E-state index in [2.05, 4.69) is 41.5 Å². The molecular weight excluding hydrogens is 424 g/mol. The lowest BCUT2D eigenvalue weighted by Crippen LogP contribution is -2.63. The molecule has 0 spiro atoms. The monoisotopic (exact) mass is 476 g/mol. The Morgan fingerprint density at radius 3 is 2.47 bits per heavy atom. The van der Waals surface area contributed by atoms with E-state index in [9.17, 15) is 9.90 Å². The second kappa shape index (κ2) is 10.0. The topological polar surface area (TPSA) is 55.8 Å². The van der Waals surface area contributed by atoms with Crippen LogP contribution in [0.1, 0.15) is 99.3 Å². The summed E-state index contributed by atoms with van der Waals surface area (Å²) in [7, 11) is 1.76. The van der Waals surface area contributed by atoms with Crippen LogP contribution >= 0.6 is 0 Å². The lowest BCUT2D eigenvalue weighted by Gasteiger charge is -2.67. The van der Waals surface area contributed by atoms with E-state index in [4.69, 9.17) is 9.47 Å². The normalized spacial score (nSPS) is 49.1. The number of hydrogen-bond acceptors (Lipinski definition) is 3. The van der Waals surface area contributed by atoms with Gasteiger partial charge in [-0.05, 0) is 103 Å². The van der Waals surface area contributed by atoms with Crippen molar-refractivity contribution in [2.24, 2.45) is 64.1 Å². The Morgan fingerprint density at radius 2 is 1.82 bits per heavy atom. The minimum Gasteiger partial charge on any atom is -0.481 e. The van der Waals surface area contributed by atoms with Gasteiger partial charge < -0.3 is 14.6 Å². The highest BCUT2D eigenvalue weighted by atomic mass is 16.7. The fourth-order valence-electron chi connectivity index (χ4n) is 10.4. The number of carbonyl (C=O) groups is 1. The molecular formula is C30H52O4. The summed E-state index contributed by atoms with van der Waals surface area (Å²) in [5.74, 6) is 5.31. The van der Waals surface area contributed by atoms with Crippen LogP contribution in [-0.2, 0) is 14.3 Å². The van der Waals surface area contributed by atoms with Crippen molar-refractivity contribution in [3.05, 3.63) is 0 Å². The Balaban J connectivity index is 1.71. The summed E-state index contributed by atoms with van der Waals surface area (Å²) in [5.41, 5.74) is 0.699. The molecule has 0 aromatic carbocycles. The molecule has 0 heterocycles. The Labute approximate surface area is 208 Å². The molecule has 4 aliphatic rings. The second-order valence-corrected chi connectivity index (χ2v) is 13.5. The maximum atomic E-state index is 11.3. The smallest absolute Gasteiger partial charge is 0.303 e. The molecule has 1 N–H and O–H groups in total. The fraction of sp³-hybridized carbons (Fsp3) is 0.967. The van der Waals surface area contributed by atoms with Gasteiger partial charge in [-0.3, -0.25) is 4.79 Å². The van der Waals surface area contributed by atoms with Gasteiger partial charge >= 0.3 is 5.97 Å². The molecule has 12 atom stereocenters. The first-order valence-corrected chi connectivity index (χ1v) is 14.4. The average molecular weight is 477 g/mol. The number of rotatable bonds is 8. The minimum absolute atomic E-state index is 0.275. The van der Waals surface area contributed by atoms with E-state index in [0.717, 1.165) is 24.2 Å². The molecule has 196 valence electrons. The summed E-state index contributed by atoms with van der Waals surface area (Å²) in [5, 5.41) is 9.31. The molecule has 0 bridgehead atoms. The molecule has 0 saturated heterocycles. The molecule has 4 nitrogen and oxygen atoms in total. The Hall–Kier alpha value is -0.610. The van der Waals surface area contributed by atoms with Gasteiger partial charge in [0.2, 0.25) is 0 Å². The van der Waals surface area contributed by atoms with Crippen LogP contribution in [-0.4, -0.2) is 31.1 Å². The Bertz CT molecular complexity index is 723. The highest BCUT2D eigenvalue weighted by Crippen LogP contribution is 2.71. The van der Waals surface area contributed by atoms with Gasteiger partial charge in [0.05, 0.1) is 6.10 Å². The molecule has 4 rings (SSSR count). The number of hydrogen-bond donors (Lipinski definition) is 1. The van der Waals surface area contributed by atoms with E-state index in [1.807, 2.05) is 0 Å². The lowest BCUT2D eigenvalue weighted by atomic mass is 9.39. The van der Waals surface area contributed by atoms with Crippen LogP contribution in [0.25, 0.3) is 0 Å². The molecule has 4 aliphatic carbocycles. The van der Waals surface area contributed by atoms with E-state index < -0.39 is 5.97 Å². The molecule has 4 fully saturated rings. The first-order chi connectivity index (χ1) is 16.1. The van der Waals surface area contributed by atoms with Gasteiger partial charge in [-0.25, -0.2) is 0 Å². The lowest BCUT2D eigenvalue weighted by molar-refractivity contribution is -0.240. The highest BCUT2D eigenvalue weighted by molar-refractivity contribution is 5.66. The van der Waals surface area contributed by atoms with Crippen molar-refractivity contribution in [3.8, 4) is 0 Å². The standard InChI is InChI=1S/C30H52O4/c1-8-21-24-15-18(2)13-14-29(24,5)25-16-20(4)30(6)22(19(3)9-12-26(31)32)10-11-23(30)27(25)28(21)34-17-33-7/h18-25,27-28H,8-17H2,1-7H3,(H,31,32)/t18-,19-,20+,21-,22-,23?,24+,25?,27?,28?,29+,30-/m1/s1. The molecule has 0 aromatic rings. The zero-order valence-electron chi connectivity index (χ0n) is 23.0. The van der Waals surface area contributed by atoms with Crippen LogP contribution in [0.15, 0.2) is 0 Å². The predicted octanol–water partition coefficient (Wildman–Crippen LogP) is 7.26. The SMILES string of the molecule is CC[C@H]1C(OCOC)C2C3CC[C@H]([C@H](C)CCC(=O)O)[C@@]3(C)[C@@H](C)CC2[C@@]2(C)CC[C@@H](C)C[C@@H]12. The van der Waals surface area contributed by atoms with Crippen LogP contribution in [0.4, 0.5) is 0 Å². The van der Waals surface area contributed by atoms with Crippen molar-refractivity contribution < 1.29 is 19.4 Å². The fourth-order valence-corrected chi connectivity index (χ4v) is 10.4. The van der Waals surface area contributed by atoms with Crippen LogP contribution in [0, 0.1) is 64.1 Å². The quantitative estimate of drug-likeness (QED) is 0.374. The maximum absolute atomic E-state index is 11.3. The number of fused-ring (bicyclic) bond motifs is 5. The number of carboxylic acid groups (broad SMARTS) is 1. The second-order valence-electron chi connectivity index (χ2n) is 13.5. The van der Waals surface area contributed by atoms with Crippen LogP contribution in [0.5, 0.6) is 0 Å². The number of methoxy groups -OCH3 is 1. The maximum Gasteiger partial charge on any atom is 0.303 e. The van der Waals surface area contributed by atoms with Crippen molar-refractivity contribution in [2.75, 3.05) is 13.9 Å². The Kier molecular flexibility index (Phi) is 7.81. The molecule has 34 heavy (non-hydrogen) atoms. The average Bonchev–Trinajstić information content (AvgIpc) is 3.16. The minimum atomic E-state index is -0.653. The molecule has 0 radical (unpaired) electrons. The summed E-state index contributed by atoms with van der Waals surface area (Å²) < 4.78 is 12.2. The Morgan fingerprint density at radius 1 is 1.09 bits per heavy atom. The van der Waals surface area contributed by atoms with E-state index in [-0.39, 0.29) is 5.41 Å². The first-order valence-electron chi connectivity index (χ1n) is 14.4. The van der Waals surface area contributed by atoms with Crippen LogP contribution in [0.2, 0.25) is 0 Å².